The van der Waals surface area contributed by atoms with Crippen molar-refractivity contribution < 1.29 is 0 Å². The highest BCUT2D eigenvalue weighted by molar-refractivity contribution is 5.74. The minimum Gasteiger partial charge on any atom is -0.341 e. The first-order valence-corrected chi connectivity index (χ1v) is 5.16. The first-order valence-electron chi connectivity index (χ1n) is 5.16. The number of H-pyrrole nitrogens is 1. The number of hydrogen-bond donors (Lipinski definition) is 3. The molecule has 0 aliphatic carbocycles. The lowest BCUT2D eigenvalue weighted by molar-refractivity contribution is 0.546. The number of nitrogens with two attached hydrogens (primary N) is 1. The number of nitrogens with zero attached hydrogens (tertiary/aromatic N) is 1. The third-order valence-electron chi connectivity index (χ3n) is 2.41. The normalized spacial score (nSPS) is 13.2. The maximum Gasteiger partial charge on any atom is 0.121 e. The van der Waals surface area contributed by atoms with Crippen molar-refractivity contribution in [3.8, 4) is 0 Å². The molecule has 2 rings (SSSR count). The van der Waals surface area contributed by atoms with Crippen LogP contribution in [0.5, 0.6) is 0 Å². The highest BCUT2D eigenvalue weighted by atomic mass is 15.0. The number of para-hydroxylation sites is 2. The van der Waals surface area contributed by atoms with Crippen LogP contribution in [0.15, 0.2) is 24.3 Å². The summed E-state index contributed by atoms with van der Waals surface area (Å²) < 4.78 is 0. The number of aromatic amines is 1. The van der Waals surface area contributed by atoms with Crippen molar-refractivity contribution >= 4 is 11.0 Å². The van der Waals surface area contributed by atoms with E-state index in [1.54, 1.807) is 0 Å². The Morgan fingerprint density at radius 1 is 1.47 bits per heavy atom. The number of imidazole rings is 1. The van der Waals surface area contributed by atoms with Gasteiger partial charge >= 0.3 is 0 Å². The van der Waals surface area contributed by atoms with Crippen molar-refractivity contribution in [3.63, 3.8) is 0 Å². The van der Waals surface area contributed by atoms with E-state index in [1.165, 1.54) is 0 Å². The van der Waals surface area contributed by atoms with Gasteiger partial charge in [-0.05, 0) is 19.1 Å². The van der Waals surface area contributed by atoms with Crippen molar-refractivity contribution in [2.75, 3.05) is 6.54 Å². The molecule has 0 bridgehead atoms. The van der Waals surface area contributed by atoms with Crippen molar-refractivity contribution in [1.29, 1.82) is 0 Å². The molecule has 4 nitrogen and oxygen atoms in total. The van der Waals surface area contributed by atoms with Gasteiger partial charge in [0, 0.05) is 12.6 Å². The molecule has 1 aromatic heterocycles. The molecule has 0 saturated carbocycles. The molecule has 0 radical (unpaired) electrons. The second kappa shape index (κ2) is 4.42. The molecule has 0 fully saturated rings. The number of nitrogens with one attached hydrogen (secondary N) is 2. The molecule has 4 N–H and O–H groups in total. The zero-order valence-corrected chi connectivity index (χ0v) is 8.83. The summed E-state index contributed by atoms with van der Waals surface area (Å²) in [5.74, 6) is 0.955. The fourth-order valence-corrected chi connectivity index (χ4v) is 1.44. The van der Waals surface area contributed by atoms with E-state index in [0.717, 1.165) is 23.4 Å². The zero-order valence-electron chi connectivity index (χ0n) is 8.83. The van der Waals surface area contributed by atoms with Gasteiger partial charge in [0.2, 0.25) is 0 Å². The van der Waals surface area contributed by atoms with Gasteiger partial charge in [-0.3, -0.25) is 0 Å². The van der Waals surface area contributed by atoms with Crippen LogP contribution in [-0.2, 0) is 6.54 Å². The van der Waals surface area contributed by atoms with E-state index in [-0.39, 0.29) is 0 Å². The van der Waals surface area contributed by atoms with Gasteiger partial charge in [0.25, 0.3) is 0 Å². The lowest BCUT2D eigenvalue weighted by Crippen LogP contribution is -2.32. The fourth-order valence-electron chi connectivity index (χ4n) is 1.44. The minimum absolute atomic E-state index is 0.318. The molecule has 80 valence electrons. The van der Waals surface area contributed by atoms with E-state index in [2.05, 4.69) is 22.2 Å². The van der Waals surface area contributed by atoms with Crippen molar-refractivity contribution in [3.05, 3.63) is 30.1 Å². The SMILES string of the molecule is CC(CN)NCc1nc2ccccc2[nH]1. The average molecular weight is 204 g/mol. The maximum atomic E-state index is 5.52. The highest BCUT2D eigenvalue weighted by Gasteiger charge is 2.03. The summed E-state index contributed by atoms with van der Waals surface area (Å²) in [7, 11) is 0. The molecule has 1 atom stereocenters. The molecule has 0 aliphatic rings. The largest absolute Gasteiger partial charge is 0.341 e. The van der Waals surface area contributed by atoms with Gasteiger partial charge in [0.15, 0.2) is 0 Å². The molecule has 0 spiro atoms. The molecular formula is C11H16N4. The number of rotatable bonds is 4. The van der Waals surface area contributed by atoms with Crippen molar-refractivity contribution in [2.24, 2.45) is 5.73 Å². The molecule has 15 heavy (non-hydrogen) atoms. The Bertz CT molecular complexity index is 402. The summed E-state index contributed by atoms with van der Waals surface area (Å²) >= 11 is 0. The Morgan fingerprint density at radius 3 is 3.00 bits per heavy atom. The Hall–Kier alpha value is -1.39. The second-order valence-electron chi connectivity index (χ2n) is 3.72. The van der Waals surface area contributed by atoms with Crippen molar-refractivity contribution in [1.82, 2.24) is 15.3 Å². The molecule has 1 unspecified atom stereocenters. The molecule has 2 aromatic rings. The van der Waals surface area contributed by atoms with Crippen LogP contribution < -0.4 is 11.1 Å². The van der Waals surface area contributed by atoms with E-state index < -0.39 is 0 Å². The van der Waals surface area contributed by atoms with Gasteiger partial charge in [-0.25, -0.2) is 4.98 Å². The van der Waals surface area contributed by atoms with Crippen LogP contribution in [0.2, 0.25) is 0 Å². The van der Waals surface area contributed by atoms with E-state index in [9.17, 15) is 0 Å². The van der Waals surface area contributed by atoms with Crippen LogP contribution in [0, 0.1) is 0 Å². The average Bonchev–Trinajstić information content (AvgIpc) is 2.68. The lowest BCUT2D eigenvalue weighted by Gasteiger charge is -2.08. The van der Waals surface area contributed by atoms with Gasteiger partial charge < -0.3 is 16.0 Å². The van der Waals surface area contributed by atoms with Gasteiger partial charge in [0.05, 0.1) is 17.6 Å². The van der Waals surface area contributed by atoms with Crippen LogP contribution in [0.1, 0.15) is 12.7 Å². The molecule has 1 aromatic carbocycles. The molecule has 4 heteroatoms. The predicted octanol–water partition coefficient (Wildman–Crippen LogP) is 1.000. The summed E-state index contributed by atoms with van der Waals surface area (Å²) in [6, 6.07) is 8.33. The lowest BCUT2D eigenvalue weighted by atomic mass is 10.3. The van der Waals surface area contributed by atoms with Gasteiger partial charge in [-0.1, -0.05) is 12.1 Å². The smallest absolute Gasteiger partial charge is 0.121 e. The van der Waals surface area contributed by atoms with E-state index in [0.29, 0.717) is 12.6 Å². The van der Waals surface area contributed by atoms with Gasteiger partial charge in [-0.2, -0.15) is 0 Å². The molecule has 0 saturated heterocycles. The number of hydrogen-bond acceptors (Lipinski definition) is 3. The Morgan fingerprint density at radius 2 is 2.27 bits per heavy atom. The summed E-state index contributed by atoms with van der Waals surface area (Å²) in [5, 5.41) is 3.29. The Labute approximate surface area is 88.9 Å². The second-order valence-corrected chi connectivity index (χ2v) is 3.72. The third kappa shape index (κ3) is 2.34. The van der Waals surface area contributed by atoms with Crippen LogP contribution in [-0.4, -0.2) is 22.6 Å². The highest BCUT2D eigenvalue weighted by Crippen LogP contribution is 2.09. The van der Waals surface area contributed by atoms with Gasteiger partial charge in [0.1, 0.15) is 5.82 Å². The predicted molar refractivity (Wildman–Crippen MR) is 61.4 cm³/mol. The van der Waals surface area contributed by atoms with Crippen molar-refractivity contribution in [2.45, 2.75) is 19.5 Å². The van der Waals surface area contributed by atoms with E-state index >= 15 is 0 Å². The maximum absolute atomic E-state index is 5.52. The molecule has 0 amide bonds. The fraction of sp³-hybridized carbons (Fsp3) is 0.364. The topological polar surface area (TPSA) is 66.7 Å². The van der Waals surface area contributed by atoms with Crippen LogP contribution >= 0.6 is 0 Å². The monoisotopic (exact) mass is 204 g/mol. The number of fused-ring (bicyclic) bond motifs is 1. The standard InChI is InChI=1S/C11H16N4/c1-8(6-12)13-7-11-14-9-4-2-3-5-10(9)15-11/h2-5,8,13H,6-7,12H2,1H3,(H,14,15). The van der Waals surface area contributed by atoms with E-state index in [4.69, 9.17) is 5.73 Å². The first-order chi connectivity index (χ1) is 7.29. The van der Waals surface area contributed by atoms with Gasteiger partial charge in [-0.15, -0.1) is 0 Å². The Balaban J connectivity index is 2.09. The van der Waals surface area contributed by atoms with Crippen LogP contribution in [0.3, 0.4) is 0 Å². The quantitative estimate of drug-likeness (QED) is 0.696. The van der Waals surface area contributed by atoms with Crippen LogP contribution in [0.4, 0.5) is 0 Å². The Kier molecular flexibility index (Phi) is 2.99. The molecule has 1 heterocycles. The summed E-state index contributed by atoms with van der Waals surface area (Å²) in [4.78, 5) is 7.72. The molecular weight excluding hydrogens is 188 g/mol. The molecule has 0 aliphatic heterocycles. The summed E-state index contributed by atoms with van der Waals surface area (Å²) in [5.41, 5.74) is 7.61. The first kappa shape index (κ1) is 10.1. The number of aromatic nitrogens is 2. The van der Waals surface area contributed by atoms with E-state index in [1.807, 2.05) is 24.3 Å². The third-order valence-corrected chi connectivity index (χ3v) is 2.41. The summed E-state index contributed by atoms with van der Waals surface area (Å²) in [6.45, 7) is 3.43. The summed E-state index contributed by atoms with van der Waals surface area (Å²) in [6.07, 6.45) is 0. The minimum atomic E-state index is 0.318. The van der Waals surface area contributed by atoms with Crippen LogP contribution in [0.25, 0.3) is 11.0 Å². The zero-order chi connectivity index (χ0) is 10.7. The number of benzene rings is 1.